The fourth-order valence-electron chi connectivity index (χ4n) is 3.52. The Morgan fingerprint density at radius 2 is 1.29 bits per heavy atom. The lowest BCUT2D eigenvalue weighted by Gasteiger charge is -2.12. The molecule has 0 saturated carbocycles. The second kappa shape index (κ2) is 14.2. The minimum Gasteiger partial charge on any atom is -0.489 e. The summed E-state index contributed by atoms with van der Waals surface area (Å²) in [5, 5.41) is 10.4. The molecule has 0 aliphatic rings. The fraction of sp³-hybridized carbons (Fsp3) is 0.538. The zero-order chi connectivity index (χ0) is 19.9. The molecule has 2 nitrogen and oxygen atoms in total. The van der Waals surface area contributed by atoms with Crippen molar-refractivity contribution in [3.8, 4) is 5.75 Å². The van der Waals surface area contributed by atoms with Crippen molar-refractivity contribution < 1.29 is 9.84 Å². The number of benzene rings is 2. The van der Waals surface area contributed by atoms with Crippen LogP contribution in [0.25, 0.3) is 0 Å². The van der Waals surface area contributed by atoms with Crippen LogP contribution in [0.4, 0.5) is 0 Å². The Balaban J connectivity index is 1.55. The van der Waals surface area contributed by atoms with Gasteiger partial charge >= 0.3 is 0 Å². The maximum Gasteiger partial charge on any atom is 0.119 e. The van der Waals surface area contributed by atoms with Crippen LogP contribution in [0.3, 0.4) is 0 Å². The van der Waals surface area contributed by atoms with Crippen LogP contribution in [0.1, 0.15) is 94.8 Å². The monoisotopic (exact) mass is 382 g/mol. The Morgan fingerprint density at radius 1 is 0.714 bits per heavy atom. The van der Waals surface area contributed by atoms with Crippen LogP contribution in [-0.2, 0) is 6.61 Å². The number of ether oxygens (including phenoxy) is 1. The van der Waals surface area contributed by atoms with Crippen LogP contribution in [0, 0.1) is 0 Å². The number of rotatable bonds is 15. The second-order valence-corrected chi connectivity index (χ2v) is 7.83. The topological polar surface area (TPSA) is 29.5 Å². The summed E-state index contributed by atoms with van der Waals surface area (Å²) in [6, 6.07) is 18.1. The molecule has 1 unspecified atom stereocenters. The molecule has 2 rings (SSSR count). The summed E-state index contributed by atoms with van der Waals surface area (Å²) in [6.45, 7) is 2.84. The van der Waals surface area contributed by atoms with Crippen molar-refractivity contribution in [3.05, 3.63) is 65.7 Å². The highest BCUT2D eigenvalue weighted by molar-refractivity contribution is 5.29. The quantitative estimate of drug-likeness (QED) is 0.321. The SMILES string of the molecule is CCCCCCCCCCCCC(O)c1ccc(OCc2ccccc2)cc1. The zero-order valence-corrected chi connectivity index (χ0v) is 17.6. The Morgan fingerprint density at radius 3 is 1.89 bits per heavy atom. The van der Waals surface area contributed by atoms with E-state index in [1.807, 2.05) is 42.5 Å². The molecule has 154 valence electrons. The fourth-order valence-corrected chi connectivity index (χ4v) is 3.52. The molecule has 2 heteroatoms. The molecule has 0 aromatic heterocycles. The molecule has 0 heterocycles. The van der Waals surface area contributed by atoms with Gasteiger partial charge in [0.25, 0.3) is 0 Å². The smallest absolute Gasteiger partial charge is 0.119 e. The summed E-state index contributed by atoms with van der Waals surface area (Å²) in [5.74, 6) is 0.846. The van der Waals surface area contributed by atoms with Crippen LogP contribution in [-0.4, -0.2) is 5.11 Å². The molecule has 1 N–H and O–H groups in total. The van der Waals surface area contributed by atoms with Gasteiger partial charge in [-0.3, -0.25) is 0 Å². The minimum atomic E-state index is -0.364. The van der Waals surface area contributed by atoms with Crippen molar-refractivity contribution in [1.29, 1.82) is 0 Å². The third-order valence-corrected chi connectivity index (χ3v) is 5.34. The minimum absolute atomic E-state index is 0.364. The van der Waals surface area contributed by atoms with E-state index in [1.165, 1.54) is 57.8 Å². The maximum atomic E-state index is 10.4. The second-order valence-electron chi connectivity index (χ2n) is 7.83. The Bertz CT molecular complexity index is 606. The van der Waals surface area contributed by atoms with E-state index in [9.17, 15) is 5.11 Å². The third-order valence-electron chi connectivity index (χ3n) is 5.34. The van der Waals surface area contributed by atoms with Gasteiger partial charge in [0.05, 0.1) is 6.10 Å². The molecule has 2 aromatic carbocycles. The van der Waals surface area contributed by atoms with E-state index in [2.05, 4.69) is 19.1 Å². The highest BCUT2D eigenvalue weighted by Crippen LogP contribution is 2.23. The Kier molecular flexibility index (Phi) is 11.4. The molecule has 28 heavy (non-hydrogen) atoms. The number of hydrogen-bond donors (Lipinski definition) is 1. The van der Waals surface area contributed by atoms with Crippen LogP contribution in [0.2, 0.25) is 0 Å². The van der Waals surface area contributed by atoms with Crippen LogP contribution in [0.15, 0.2) is 54.6 Å². The van der Waals surface area contributed by atoms with Gasteiger partial charge in [0.1, 0.15) is 12.4 Å². The first-order valence-electron chi connectivity index (χ1n) is 11.2. The van der Waals surface area contributed by atoms with Crippen LogP contribution < -0.4 is 4.74 Å². The highest BCUT2D eigenvalue weighted by Gasteiger charge is 2.07. The molecule has 0 saturated heterocycles. The van der Waals surface area contributed by atoms with Crippen molar-refractivity contribution in [2.75, 3.05) is 0 Å². The Labute approximate surface area is 172 Å². The third kappa shape index (κ3) is 9.41. The molecule has 2 aromatic rings. The largest absolute Gasteiger partial charge is 0.489 e. The summed E-state index contributed by atoms with van der Waals surface area (Å²) in [5.41, 5.74) is 2.15. The van der Waals surface area contributed by atoms with E-state index in [0.717, 1.165) is 29.7 Å². The molecular formula is C26H38O2. The molecule has 1 atom stereocenters. The van der Waals surface area contributed by atoms with Crippen molar-refractivity contribution >= 4 is 0 Å². The van der Waals surface area contributed by atoms with Gasteiger partial charge in [0.15, 0.2) is 0 Å². The first-order valence-corrected chi connectivity index (χ1v) is 11.2. The van der Waals surface area contributed by atoms with Gasteiger partial charge in [-0.15, -0.1) is 0 Å². The predicted octanol–water partition coefficient (Wildman–Crippen LogP) is 7.61. The van der Waals surface area contributed by atoms with Gasteiger partial charge in [-0.25, -0.2) is 0 Å². The van der Waals surface area contributed by atoms with Crippen LogP contribution in [0.5, 0.6) is 5.75 Å². The first kappa shape index (κ1) is 22.5. The van der Waals surface area contributed by atoms with Crippen molar-refractivity contribution in [1.82, 2.24) is 0 Å². The standard InChI is InChI=1S/C26H38O2/c1-2-3-4-5-6-7-8-9-10-14-17-26(27)24-18-20-25(21-19-24)28-22-23-15-12-11-13-16-23/h11-13,15-16,18-21,26-27H,2-10,14,17,22H2,1H3. The predicted molar refractivity (Wildman–Crippen MR) is 119 cm³/mol. The molecule has 0 fully saturated rings. The van der Waals surface area contributed by atoms with E-state index in [0.29, 0.717) is 6.61 Å². The molecule has 0 aliphatic heterocycles. The number of aliphatic hydroxyl groups is 1. The number of unbranched alkanes of at least 4 members (excludes halogenated alkanes) is 9. The van der Waals surface area contributed by atoms with E-state index < -0.39 is 0 Å². The highest BCUT2D eigenvalue weighted by atomic mass is 16.5. The van der Waals surface area contributed by atoms with E-state index in [1.54, 1.807) is 0 Å². The zero-order valence-electron chi connectivity index (χ0n) is 17.6. The molecule has 0 spiro atoms. The van der Waals surface area contributed by atoms with Gasteiger partial charge < -0.3 is 9.84 Å². The van der Waals surface area contributed by atoms with Crippen molar-refractivity contribution in [2.45, 2.75) is 90.3 Å². The molecule has 0 radical (unpaired) electrons. The summed E-state index contributed by atoms with van der Waals surface area (Å²) < 4.78 is 5.81. The number of aliphatic hydroxyl groups excluding tert-OH is 1. The molecular weight excluding hydrogens is 344 g/mol. The average molecular weight is 383 g/mol. The Hall–Kier alpha value is -1.80. The summed E-state index contributed by atoms with van der Waals surface area (Å²) >= 11 is 0. The van der Waals surface area contributed by atoms with Gasteiger partial charge in [-0.1, -0.05) is 114 Å². The molecule has 0 aliphatic carbocycles. The molecule has 0 bridgehead atoms. The van der Waals surface area contributed by atoms with Crippen LogP contribution >= 0.6 is 0 Å². The summed E-state index contributed by atoms with van der Waals surface area (Å²) in [6.07, 6.45) is 13.7. The van der Waals surface area contributed by atoms with Gasteiger partial charge in [-0.2, -0.15) is 0 Å². The van der Waals surface area contributed by atoms with E-state index >= 15 is 0 Å². The molecule has 0 amide bonds. The van der Waals surface area contributed by atoms with E-state index in [-0.39, 0.29) is 6.10 Å². The van der Waals surface area contributed by atoms with Gasteiger partial charge in [0.2, 0.25) is 0 Å². The van der Waals surface area contributed by atoms with Gasteiger partial charge in [-0.05, 0) is 29.7 Å². The lowest BCUT2D eigenvalue weighted by atomic mass is 10.0. The lowest BCUT2D eigenvalue weighted by molar-refractivity contribution is 0.163. The average Bonchev–Trinajstić information content (AvgIpc) is 2.74. The maximum absolute atomic E-state index is 10.4. The number of hydrogen-bond acceptors (Lipinski definition) is 2. The lowest BCUT2D eigenvalue weighted by Crippen LogP contribution is -1.99. The normalized spacial score (nSPS) is 12.1. The summed E-state index contributed by atoms with van der Waals surface area (Å²) in [7, 11) is 0. The van der Waals surface area contributed by atoms with Gasteiger partial charge in [0, 0.05) is 0 Å². The summed E-state index contributed by atoms with van der Waals surface area (Å²) in [4.78, 5) is 0. The van der Waals surface area contributed by atoms with Crippen molar-refractivity contribution in [2.24, 2.45) is 0 Å². The van der Waals surface area contributed by atoms with Crippen molar-refractivity contribution in [3.63, 3.8) is 0 Å². The van der Waals surface area contributed by atoms with E-state index in [4.69, 9.17) is 4.74 Å². The first-order chi connectivity index (χ1) is 13.8.